The van der Waals surface area contributed by atoms with Gasteiger partial charge in [-0.05, 0) is 31.8 Å². The Hall–Kier alpha value is -0.320. The smallest absolute Gasteiger partial charge is 0.223 e. The van der Waals surface area contributed by atoms with Gasteiger partial charge >= 0.3 is 0 Å². The lowest BCUT2D eigenvalue weighted by molar-refractivity contribution is -0.126. The number of piperidine rings is 1. The molecule has 1 fully saturated rings. The van der Waals surface area contributed by atoms with Gasteiger partial charge in [-0.2, -0.15) is 0 Å². The normalized spacial score (nSPS) is 18.8. The van der Waals surface area contributed by atoms with E-state index in [1.54, 1.807) is 0 Å². The van der Waals surface area contributed by atoms with Gasteiger partial charge in [0.2, 0.25) is 5.91 Å². The minimum atomic E-state index is -0.397. The summed E-state index contributed by atoms with van der Waals surface area (Å²) in [6.45, 7) is 10.4. The van der Waals surface area contributed by atoms with Crippen molar-refractivity contribution >= 4 is 18.3 Å². The van der Waals surface area contributed by atoms with E-state index in [0.29, 0.717) is 6.54 Å². The fraction of sp³-hybridized carbons (Fsp3) is 0.929. The minimum Gasteiger partial charge on any atom is -0.392 e. The molecule has 5 heteroatoms. The van der Waals surface area contributed by atoms with Gasteiger partial charge in [0, 0.05) is 17.9 Å². The van der Waals surface area contributed by atoms with Crippen molar-refractivity contribution in [2.75, 3.05) is 19.6 Å². The van der Waals surface area contributed by atoms with Gasteiger partial charge in [-0.25, -0.2) is 0 Å². The van der Waals surface area contributed by atoms with E-state index in [0.717, 1.165) is 25.9 Å². The number of halogens is 1. The van der Waals surface area contributed by atoms with Crippen molar-refractivity contribution in [3.63, 3.8) is 0 Å². The van der Waals surface area contributed by atoms with E-state index in [4.69, 9.17) is 0 Å². The second kappa shape index (κ2) is 8.08. The predicted molar refractivity (Wildman–Crippen MR) is 80.5 cm³/mol. The van der Waals surface area contributed by atoms with Crippen LogP contribution in [0.25, 0.3) is 0 Å². The maximum atomic E-state index is 12.0. The summed E-state index contributed by atoms with van der Waals surface area (Å²) in [7, 11) is 0. The summed E-state index contributed by atoms with van der Waals surface area (Å²) in [6, 6.07) is 0. The third-order valence-corrected chi connectivity index (χ3v) is 3.86. The molecule has 0 aromatic rings. The number of aliphatic hydroxyl groups is 1. The molecule has 4 nitrogen and oxygen atoms in total. The molecule has 1 aliphatic heterocycles. The maximum absolute atomic E-state index is 12.0. The first kappa shape index (κ1) is 18.7. The number of hydrogen-bond acceptors (Lipinski definition) is 3. The van der Waals surface area contributed by atoms with Crippen LogP contribution in [0.5, 0.6) is 0 Å². The Morgan fingerprint density at radius 3 is 2.37 bits per heavy atom. The van der Waals surface area contributed by atoms with Crippen LogP contribution in [0.1, 0.15) is 40.5 Å². The van der Waals surface area contributed by atoms with Crippen LogP contribution < -0.4 is 10.6 Å². The Morgan fingerprint density at radius 1 is 1.37 bits per heavy atom. The van der Waals surface area contributed by atoms with Crippen LogP contribution in [-0.2, 0) is 4.79 Å². The van der Waals surface area contributed by atoms with Crippen LogP contribution >= 0.6 is 12.4 Å². The van der Waals surface area contributed by atoms with Gasteiger partial charge in [-0.15, -0.1) is 12.4 Å². The Bertz CT molecular complexity index is 277. The molecule has 19 heavy (non-hydrogen) atoms. The molecule has 0 aromatic carbocycles. The fourth-order valence-electron chi connectivity index (χ4n) is 2.55. The molecule has 0 aromatic heterocycles. The van der Waals surface area contributed by atoms with Crippen LogP contribution in [0.4, 0.5) is 0 Å². The number of carbonyl (C=O) groups excluding carboxylic acids is 1. The van der Waals surface area contributed by atoms with Crippen molar-refractivity contribution in [3.8, 4) is 0 Å². The van der Waals surface area contributed by atoms with Crippen LogP contribution in [0.15, 0.2) is 0 Å². The predicted octanol–water partition coefficient (Wildman–Crippen LogP) is 1.57. The summed E-state index contributed by atoms with van der Waals surface area (Å²) in [4.78, 5) is 12.0. The Labute approximate surface area is 123 Å². The number of amides is 1. The maximum Gasteiger partial charge on any atom is 0.223 e. The molecule has 1 unspecified atom stereocenters. The van der Waals surface area contributed by atoms with Crippen molar-refractivity contribution in [3.05, 3.63) is 0 Å². The molecule has 114 valence electrons. The summed E-state index contributed by atoms with van der Waals surface area (Å²) < 4.78 is 0. The zero-order valence-corrected chi connectivity index (χ0v) is 13.3. The molecule has 0 aliphatic carbocycles. The summed E-state index contributed by atoms with van der Waals surface area (Å²) in [5, 5.41) is 16.4. The Morgan fingerprint density at radius 2 is 1.89 bits per heavy atom. The zero-order chi connectivity index (χ0) is 13.8. The second-order valence-corrected chi connectivity index (χ2v) is 6.42. The third kappa shape index (κ3) is 5.67. The summed E-state index contributed by atoms with van der Waals surface area (Å²) in [5.74, 6) is 0.481. The molecule has 1 heterocycles. The lowest BCUT2D eigenvalue weighted by atomic mass is 9.80. The van der Waals surface area contributed by atoms with Crippen LogP contribution in [0, 0.1) is 17.3 Å². The minimum absolute atomic E-state index is 0. The highest BCUT2D eigenvalue weighted by Gasteiger charge is 2.31. The molecule has 0 spiro atoms. The summed E-state index contributed by atoms with van der Waals surface area (Å²) >= 11 is 0. The molecular formula is C14H29ClN2O2. The molecular weight excluding hydrogens is 264 g/mol. The molecule has 0 bridgehead atoms. The SMILES string of the molecule is CC(C)C(O)C(C)(C)CNC(=O)C1CCNCC1.Cl. The number of hydrogen-bond donors (Lipinski definition) is 3. The number of carbonyl (C=O) groups is 1. The first-order valence-corrected chi connectivity index (χ1v) is 7.01. The molecule has 0 radical (unpaired) electrons. The van der Waals surface area contributed by atoms with E-state index < -0.39 is 6.10 Å². The number of rotatable bonds is 5. The van der Waals surface area contributed by atoms with Gasteiger partial charge in [-0.1, -0.05) is 27.7 Å². The van der Waals surface area contributed by atoms with E-state index in [9.17, 15) is 9.90 Å². The molecule has 1 atom stereocenters. The topological polar surface area (TPSA) is 61.4 Å². The highest BCUT2D eigenvalue weighted by atomic mass is 35.5. The molecule has 1 rings (SSSR count). The fourth-order valence-corrected chi connectivity index (χ4v) is 2.55. The van der Waals surface area contributed by atoms with Crippen molar-refractivity contribution in [1.29, 1.82) is 0 Å². The van der Waals surface area contributed by atoms with Crippen LogP contribution in [0.2, 0.25) is 0 Å². The first-order chi connectivity index (χ1) is 8.34. The van der Waals surface area contributed by atoms with Crippen molar-refractivity contribution in [2.45, 2.75) is 46.6 Å². The lowest BCUT2D eigenvalue weighted by Crippen LogP contribution is -2.46. The largest absolute Gasteiger partial charge is 0.392 e. The van der Waals surface area contributed by atoms with Gasteiger partial charge in [0.25, 0.3) is 0 Å². The molecule has 1 aliphatic rings. The highest BCUT2D eigenvalue weighted by molar-refractivity contribution is 5.85. The molecule has 3 N–H and O–H groups in total. The van der Waals surface area contributed by atoms with Gasteiger partial charge < -0.3 is 15.7 Å². The van der Waals surface area contributed by atoms with Gasteiger partial charge in [-0.3, -0.25) is 4.79 Å². The summed E-state index contributed by atoms with van der Waals surface area (Å²) in [5.41, 5.74) is -0.281. The Kier molecular flexibility index (Phi) is 7.94. The van der Waals surface area contributed by atoms with Gasteiger partial charge in [0.05, 0.1) is 6.10 Å². The molecule has 1 saturated heterocycles. The second-order valence-electron chi connectivity index (χ2n) is 6.42. The van der Waals surface area contributed by atoms with E-state index in [-0.39, 0.29) is 35.6 Å². The average Bonchev–Trinajstić information content (AvgIpc) is 2.36. The molecule has 1 amide bonds. The summed E-state index contributed by atoms with van der Waals surface area (Å²) in [6.07, 6.45) is 1.43. The van der Waals surface area contributed by atoms with E-state index in [1.165, 1.54) is 0 Å². The zero-order valence-electron chi connectivity index (χ0n) is 12.5. The van der Waals surface area contributed by atoms with E-state index >= 15 is 0 Å². The van der Waals surface area contributed by atoms with E-state index in [1.807, 2.05) is 27.7 Å². The first-order valence-electron chi connectivity index (χ1n) is 7.01. The highest BCUT2D eigenvalue weighted by Crippen LogP contribution is 2.25. The standard InChI is InChI=1S/C14H28N2O2.ClH/c1-10(2)12(17)14(3,4)9-16-13(18)11-5-7-15-8-6-11;/h10-12,15,17H,5-9H2,1-4H3,(H,16,18);1H. The lowest BCUT2D eigenvalue weighted by Gasteiger charge is -2.34. The molecule has 0 saturated carbocycles. The van der Waals surface area contributed by atoms with Gasteiger partial charge in [0.1, 0.15) is 0 Å². The van der Waals surface area contributed by atoms with E-state index in [2.05, 4.69) is 10.6 Å². The van der Waals surface area contributed by atoms with Crippen LogP contribution in [-0.4, -0.2) is 36.8 Å². The Balaban J connectivity index is 0.00000324. The van der Waals surface area contributed by atoms with Gasteiger partial charge in [0.15, 0.2) is 0 Å². The quantitative estimate of drug-likeness (QED) is 0.721. The third-order valence-electron chi connectivity index (χ3n) is 3.86. The van der Waals surface area contributed by atoms with Crippen molar-refractivity contribution in [1.82, 2.24) is 10.6 Å². The average molecular weight is 293 g/mol. The number of aliphatic hydroxyl groups excluding tert-OH is 1. The van der Waals surface area contributed by atoms with Crippen molar-refractivity contribution in [2.24, 2.45) is 17.3 Å². The number of nitrogens with one attached hydrogen (secondary N) is 2. The van der Waals surface area contributed by atoms with Crippen LogP contribution in [0.3, 0.4) is 0 Å². The monoisotopic (exact) mass is 292 g/mol. The van der Waals surface area contributed by atoms with Crippen molar-refractivity contribution < 1.29 is 9.90 Å².